The van der Waals surface area contributed by atoms with Gasteiger partial charge < -0.3 is 10.4 Å². The molecule has 19 heavy (non-hydrogen) atoms. The first kappa shape index (κ1) is 14.5. The zero-order valence-corrected chi connectivity index (χ0v) is 12.5. The van der Waals surface area contributed by atoms with Gasteiger partial charge in [0.05, 0.1) is 6.61 Å². The zero-order valence-electron chi connectivity index (χ0n) is 11.7. The summed E-state index contributed by atoms with van der Waals surface area (Å²) in [6.07, 6.45) is 3.86. The van der Waals surface area contributed by atoms with Crippen molar-refractivity contribution in [3.05, 3.63) is 22.4 Å². The molecule has 3 unspecified atom stereocenters. The van der Waals surface area contributed by atoms with Crippen molar-refractivity contribution in [2.75, 3.05) is 6.61 Å². The summed E-state index contributed by atoms with van der Waals surface area (Å²) in [6.45, 7) is 4.19. The molecule has 3 nitrogen and oxygen atoms in total. The molecule has 0 bridgehead atoms. The third-order valence-corrected chi connectivity index (χ3v) is 5.19. The van der Waals surface area contributed by atoms with Crippen molar-refractivity contribution in [2.24, 2.45) is 11.3 Å². The molecule has 2 N–H and O–H groups in total. The molecule has 0 aromatic carbocycles. The summed E-state index contributed by atoms with van der Waals surface area (Å²) in [6, 6.07) is 4.21. The average molecular weight is 281 g/mol. The number of aliphatic hydroxyl groups is 1. The molecule has 0 radical (unpaired) electrons. The van der Waals surface area contributed by atoms with E-state index in [-0.39, 0.29) is 29.9 Å². The maximum atomic E-state index is 12.2. The van der Waals surface area contributed by atoms with Crippen LogP contribution in [0.4, 0.5) is 0 Å². The topological polar surface area (TPSA) is 49.3 Å². The second kappa shape index (κ2) is 6.06. The van der Waals surface area contributed by atoms with Gasteiger partial charge in [-0.15, -0.1) is 11.3 Å². The predicted octanol–water partition coefficient (Wildman–Crippen LogP) is 2.59. The van der Waals surface area contributed by atoms with Gasteiger partial charge in [-0.3, -0.25) is 4.79 Å². The van der Waals surface area contributed by atoms with Crippen LogP contribution in [0.15, 0.2) is 17.5 Å². The Morgan fingerprint density at radius 2 is 2.47 bits per heavy atom. The smallest absolute Gasteiger partial charge is 0.223 e. The quantitative estimate of drug-likeness (QED) is 0.871. The van der Waals surface area contributed by atoms with Crippen molar-refractivity contribution in [3.8, 4) is 0 Å². The highest BCUT2D eigenvalue weighted by molar-refractivity contribution is 7.09. The molecular weight excluding hydrogens is 258 g/mol. The fourth-order valence-electron chi connectivity index (χ4n) is 2.81. The number of amides is 1. The number of hydrogen-bond donors (Lipinski definition) is 2. The second-order valence-electron chi connectivity index (χ2n) is 5.95. The van der Waals surface area contributed by atoms with E-state index in [1.54, 1.807) is 11.3 Å². The van der Waals surface area contributed by atoms with Crippen LogP contribution in [0, 0.1) is 11.3 Å². The molecule has 1 aromatic heterocycles. The lowest BCUT2D eigenvalue weighted by molar-refractivity contribution is -0.126. The van der Waals surface area contributed by atoms with Crippen molar-refractivity contribution in [2.45, 2.75) is 45.6 Å². The number of nitrogens with one attached hydrogen (secondary N) is 1. The van der Waals surface area contributed by atoms with Crippen LogP contribution in [0.3, 0.4) is 0 Å². The number of carbonyl (C=O) groups is 1. The largest absolute Gasteiger partial charge is 0.396 e. The molecule has 106 valence electrons. The van der Waals surface area contributed by atoms with E-state index >= 15 is 0 Å². The standard InChI is InChI=1S/C15H23NO2S/c1-11(9-12-5-4-8-19-12)14(18)16-13-6-3-7-15(13,2)10-17/h4-5,8,11,13,17H,3,6-7,9-10H2,1-2H3,(H,16,18). The lowest BCUT2D eigenvalue weighted by Gasteiger charge is -2.31. The third kappa shape index (κ3) is 3.37. The third-order valence-electron chi connectivity index (χ3n) is 4.29. The number of hydrogen-bond acceptors (Lipinski definition) is 3. The Balaban J connectivity index is 1.90. The summed E-state index contributed by atoms with van der Waals surface area (Å²) in [7, 11) is 0. The minimum absolute atomic E-state index is 0.0119. The van der Waals surface area contributed by atoms with Crippen LogP contribution in [0.1, 0.15) is 38.0 Å². The minimum atomic E-state index is -0.141. The van der Waals surface area contributed by atoms with Crippen LogP contribution >= 0.6 is 11.3 Å². The number of thiophene rings is 1. The molecule has 2 rings (SSSR count). The summed E-state index contributed by atoms with van der Waals surface area (Å²) in [5.74, 6) is 0.0992. The van der Waals surface area contributed by atoms with Gasteiger partial charge in [-0.1, -0.05) is 26.3 Å². The van der Waals surface area contributed by atoms with Gasteiger partial charge in [-0.2, -0.15) is 0 Å². The van der Waals surface area contributed by atoms with Gasteiger partial charge in [0.2, 0.25) is 5.91 Å². The van der Waals surface area contributed by atoms with E-state index in [0.717, 1.165) is 25.7 Å². The lowest BCUT2D eigenvalue weighted by Crippen LogP contribution is -2.46. The second-order valence-corrected chi connectivity index (χ2v) is 6.98. The molecule has 1 heterocycles. The van der Waals surface area contributed by atoms with Crippen molar-refractivity contribution in [1.29, 1.82) is 0 Å². The first-order chi connectivity index (χ1) is 9.05. The SMILES string of the molecule is CC(Cc1cccs1)C(=O)NC1CCCC1(C)CO. The van der Waals surface area contributed by atoms with Gasteiger partial charge in [0.25, 0.3) is 0 Å². The Morgan fingerprint density at radius 3 is 3.11 bits per heavy atom. The molecule has 1 aliphatic rings. The number of rotatable bonds is 5. The summed E-state index contributed by atoms with van der Waals surface area (Å²) < 4.78 is 0. The molecule has 1 saturated carbocycles. The van der Waals surface area contributed by atoms with Crippen LogP contribution in [-0.4, -0.2) is 23.7 Å². The molecule has 1 amide bonds. The first-order valence-corrected chi connectivity index (χ1v) is 7.87. The summed E-state index contributed by atoms with van der Waals surface area (Å²) >= 11 is 1.70. The van der Waals surface area contributed by atoms with E-state index in [1.807, 2.05) is 18.4 Å². The maximum Gasteiger partial charge on any atom is 0.223 e. The number of carbonyl (C=O) groups excluding carboxylic acids is 1. The van der Waals surface area contributed by atoms with Crippen molar-refractivity contribution < 1.29 is 9.90 Å². The van der Waals surface area contributed by atoms with Crippen molar-refractivity contribution >= 4 is 17.2 Å². The van der Waals surface area contributed by atoms with E-state index in [1.165, 1.54) is 4.88 Å². The fraction of sp³-hybridized carbons (Fsp3) is 0.667. The van der Waals surface area contributed by atoms with E-state index < -0.39 is 0 Å². The van der Waals surface area contributed by atoms with Gasteiger partial charge in [0, 0.05) is 22.3 Å². The normalized spacial score (nSPS) is 28.3. The molecule has 4 heteroatoms. The molecule has 3 atom stereocenters. The Morgan fingerprint density at radius 1 is 1.68 bits per heavy atom. The van der Waals surface area contributed by atoms with E-state index in [2.05, 4.69) is 18.3 Å². The fourth-order valence-corrected chi connectivity index (χ4v) is 3.64. The zero-order chi connectivity index (χ0) is 13.9. The highest BCUT2D eigenvalue weighted by Gasteiger charge is 2.39. The summed E-state index contributed by atoms with van der Waals surface area (Å²) in [5.41, 5.74) is -0.141. The summed E-state index contributed by atoms with van der Waals surface area (Å²) in [4.78, 5) is 13.5. The molecule has 1 aromatic rings. The molecule has 0 saturated heterocycles. The average Bonchev–Trinajstić information content (AvgIpc) is 3.01. The Labute approximate surface area is 119 Å². The molecule has 0 spiro atoms. The molecule has 1 aliphatic carbocycles. The van der Waals surface area contributed by atoms with Crippen LogP contribution in [0.5, 0.6) is 0 Å². The van der Waals surface area contributed by atoms with Gasteiger partial charge in [-0.05, 0) is 30.7 Å². The van der Waals surface area contributed by atoms with E-state index in [9.17, 15) is 9.90 Å². The molecule has 1 fully saturated rings. The Bertz CT molecular complexity index is 418. The monoisotopic (exact) mass is 281 g/mol. The van der Waals surface area contributed by atoms with Gasteiger partial charge >= 0.3 is 0 Å². The summed E-state index contributed by atoms with van der Waals surface area (Å²) in [5, 5.41) is 14.7. The minimum Gasteiger partial charge on any atom is -0.396 e. The predicted molar refractivity (Wildman–Crippen MR) is 78.2 cm³/mol. The van der Waals surface area contributed by atoms with Crippen LogP contribution in [0.25, 0.3) is 0 Å². The highest BCUT2D eigenvalue weighted by Crippen LogP contribution is 2.37. The number of aliphatic hydroxyl groups excluding tert-OH is 1. The van der Waals surface area contributed by atoms with Crippen LogP contribution in [0.2, 0.25) is 0 Å². The van der Waals surface area contributed by atoms with Gasteiger partial charge in [-0.25, -0.2) is 0 Å². The van der Waals surface area contributed by atoms with E-state index in [0.29, 0.717) is 0 Å². The van der Waals surface area contributed by atoms with Crippen LogP contribution < -0.4 is 5.32 Å². The maximum absolute atomic E-state index is 12.2. The van der Waals surface area contributed by atoms with E-state index in [4.69, 9.17) is 0 Å². The van der Waals surface area contributed by atoms with Gasteiger partial charge in [0.15, 0.2) is 0 Å². The van der Waals surface area contributed by atoms with Crippen LogP contribution in [-0.2, 0) is 11.2 Å². The Hall–Kier alpha value is -0.870. The Kier molecular flexibility index (Phi) is 4.63. The molecule has 0 aliphatic heterocycles. The molecular formula is C15H23NO2S. The van der Waals surface area contributed by atoms with Crippen molar-refractivity contribution in [3.63, 3.8) is 0 Å². The first-order valence-electron chi connectivity index (χ1n) is 6.99. The lowest BCUT2D eigenvalue weighted by atomic mass is 9.85. The van der Waals surface area contributed by atoms with Crippen molar-refractivity contribution in [1.82, 2.24) is 5.32 Å². The highest BCUT2D eigenvalue weighted by atomic mass is 32.1. The van der Waals surface area contributed by atoms with Gasteiger partial charge in [0.1, 0.15) is 0 Å².